The second-order valence-electron chi connectivity index (χ2n) is 7.92. The Morgan fingerprint density at radius 3 is 2.67 bits per heavy atom. The third kappa shape index (κ3) is 4.50. The van der Waals surface area contributed by atoms with E-state index in [9.17, 15) is 4.79 Å². The molecule has 1 saturated carbocycles. The SMILES string of the molecule is O=C(C1CCCCC1)N1CCO[C@@H](CN2CCOCC2)[C@@H]1c1cccnc1. The van der Waals surface area contributed by atoms with Gasteiger partial charge in [-0.05, 0) is 24.5 Å². The predicted molar refractivity (Wildman–Crippen MR) is 102 cm³/mol. The minimum Gasteiger partial charge on any atom is -0.379 e. The number of pyridine rings is 1. The van der Waals surface area contributed by atoms with Crippen LogP contribution in [0.2, 0.25) is 0 Å². The number of nitrogens with zero attached hydrogens (tertiary/aromatic N) is 3. The molecule has 2 aliphatic heterocycles. The summed E-state index contributed by atoms with van der Waals surface area (Å²) in [7, 11) is 0. The Morgan fingerprint density at radius 1 is 1.11 bits per heavy atom. The molecule has 1 aromatic rings. The summed E-state index contributed by atoms with van der Waals surface area (Å²) >= 11 is 0. The van der Waals surface area contributed by atoms with Crippen molar-refractivity contribution in [1.82, 2.24) is 14.8 Å². The number of carbonyl (C=O) groups excluding carboxylic acids is 1. The van der Waals surface area contributed by atoms with E-state index >= 15 is 0 Å². The Kier molecular flexibility index (Phi) is 6.37. The number of rotatable bonds is 4. The first-order chi connectivity index (χ1) is 13.3. The van der Waals surface area contributed by atoms with Gasteiger partial charge in [0.15, 0.2) is 0 Å². The third-order valence-corrected chi connectivity index (χ3v) is 6.16. The molecule has 3 fully saturated rings. The quantitative estimate of drug-likeness (QED) is 0.810. The van der Waals surface area contributed by atoms with Gasteiger partial charge in [-0.2, -0.15) is 0 Å². The van der Waals surface area contributed by atoms with E-state index in [4.69, 9.17) is 9.47 Å². The van der Waals surface area contributed by atoms with E-state index in [-0.39, 0.29) is 18.1 Å². The van der Waals surface area contributed by atoms with Crippen LogP contribution in [0.3, 0.4) is 0 Å². The van der Waals surface area contributed by atoms with Gasteiger partial charge in [0, 0.05) is 44.5 Å². The van der Waals surface area contributed by atoms with Crippen molar-refractivity contribution in [1.29, 1.82) is 0 Å². The predicted octanol–water partition coefficient (Wildman–Crippen LogP) is 2.26. The summed E-state index contributed by atoms with van der Waals surface area (Å²) in [5.41, 5.74) is 1.08. The molecule has 2 saturated heterocycles. The lowest BCUT2D eigenvalue weighted by Gasteiger charge is -2.44. The maximum Gasteiger partial charge on any atom is 0.226 e. The van der Waals surface area contributed by atoms with Crippen LogP contribution in [0.15, 0.2) is 24.5 Å². The van der Waals surface area contributed by atoms with Crippen LogP contribution in [-0.2, 0) is 14.3 Å². The molecule has 2 atom stereocenters. The van der Waals surface area contributed by atoms with Crippen LogP contribution in [0.5, 0.6) is 0 Å². The number of hydrogen-bond acceptors (Lipinski definition) is 5. The number of amides is 1. The van der Waals surface area contributed by atoms with Crippen LogP contribution < -0.4 is 0 Å². The van der Waals surface area contributed by atoms with Crippen molar-refractivity contribution in [2.24, 2.45) is 5.92 Å². The first-order valence-corrected chi connectivity index (χ1v) is 10.4. The Balaban J connectivity index is 1.55. The van der Waals surface area contributed by atoms with Gasteiger partial charge in [0.1, 0.15) is 0 Å². The van der Waals surface area contributed by atoms with E-state index in [0.29, 0.717) is 19.1 Å². The highest BCUT2D eigenvalue weighted by Crippen LogP contribution is 2.34. The monoisotopic (exact) mass is 373 g/mol. The Bertz CT molecular complexity index is 600. The van der Waals surface area contributed by atoms with Gasteiger partial charge >= 0.3 is 0 Å². The fraction of sp³-hybridized carbons (Fsp3) is 0.714. The molecule has 6 heteroatoms. The van der Waals surface area contributed by atoms with Crippen LogP contribution in [0.25, 0.3) is 0 Å². The average Bonchev–Trinajstić information content (AvgIpc) is 2.75. The van der Waals surface area contributed by atoms with E-state index in [2.05, 4.69) is 20.9 Å². The van der Waals surface area contributed by atoms with Crippen molar-refractivity contribution in [2.45, 2.75) is 44.2 Å². The van der Waals surface area contributed by atoms with Crippen LogP contribution in [0, 0.1) is 5.92 Å². The largest absolute Gasteiger partial charge is 0.379 e. The van der Waals surface area contributed by atoms with E-state index in [1.54, 1.807) is 6.20 Å². The van der Waals surface area contributed by atoms with Crippen LogP contribution in [0.4, 0.5) is 0 Å². The molecular formula is C21H31N3O3. The summed E-state index contributed by atoms with van der Waals surface area (Å²) in [6.45, 7) is 5.52. The Morgan fingerprint density at radius 2 is 1.93 bits per heavy atom. The number of hydrogen-bond donors (Lipinski definition) is 0. The van der Waals surface area contributed by atoms with E-state index in [1.807, 2.05) is 12.3 Å². The number of aromatic nitrogens is 1. The van der Waals surface area contributed by atoms with E-state index in [1.165, 1.54) is 19.3 Å². The summed E-state index contributed by atoms with van der Waals surface area (Å²) in [6.07, 6.45) is 9.34. The smallest absolute Gasteiger partial charge is 0.226 e. The highest BCUT2D eigenvalue weighted by atomic mass is 16.5. The lowest BCUT2D eigenvalue weighted by atomic mass is 9.87. The second-order valence-corrected chi connectivity index (χ2v) is 7.92. The van der Waals surface area contributed by atoms with Gasteiger partial charge in [-0.3, -0.25) is 14.7 Å². The van der Waals surface area contributed by atoms with Gasteiger partial charge in [-0.1, -0.05) is 25.3 Å². The molecule has 27 heavy (non-hydrogen) atoms. The van der Waals surface area contributed by atoms with Crippen molar-refractivity contribution in [3.05, 3.63) is 30.1 Å². The first kappa shape index (κ1) is 18.8. The zero-order chi connectivity index (χ0) is 18.5. The van der Waals surface area contributed by atoms with Crippen LogP contribution in [0.1, 0.15) is 43.7 Å². The first-order valence-electron chi connectivity index (χ1n) is 10.4. The minimum absolute atomic E-state index is 0.0198. The summed E-state index contributed by atoms with van der Waals surface area (Å²) in [4.78, 5) is 22.2. The van der Waals surface area contributed by atoms with Crippen molar-refractivity contribution in [3.63, 3.8) is 0 Å². The molecule has 3 heterocycles. The highest BCUT2D eigenvalue weighted by Gasteiger charge is 2.39. The van der Waals surface area contributed by atoms with Gasteiger partial charge in [0.2, 0.25) is 5.91 Å². The van der Waals surface area contributed by atoms with Crippen molar-refractivity contribution >= 4 is 5.91 Å². The molecule has 1 aliphatic carbocycles. The molecule has 148 valence electrons. The van der Waals surface area contributed by atoms with Crippen LogP contribution in [-0.4, -0.2) is 72.8 Å². The van der Waals surface area contributed by atoms with Gasteiger partial charge in [0.05, 0.1) is 32.0 Å². The molecular weight excluding hydrogens is 342 g/mol. The van der Waals surface area contributed by atoms with Crippen molar-refractivity contribution in [2.75, 3.05) is 46.0 Å². The van der Waals surface area contributed by atoms with Crippen molar-refractivity contribution < 1.29 is 14.3 Å². The summed E-state index contributed by atoms with van der Waals surface area (Å²) in [5.74, 6) is 0.499. The highest BCUT2D eigenvalue weighted by molar-refractivity contribution is 5.79. The standard InChI is InChI=1S/C21H31N3O3/c25-21(17-5-2-1-3-6-17)24-11-14-27-19(16-23-9-12-26-13-10-23)20(24)18-7-4-8-22-15-18/h4,7-8,15,17,19-20H,1-3,5-6,9-14,16H2/t19-,20-/m0/s1. The molecule has 6 nitrogen and oxygen atoms in total. The topological polar surface area (TPSA) is 54.9 Å². The lowest BCUT2D eigenvalue weighted by molar-refractivity contribution is -0.154. The van der Waals surface area contributed by atoms with Gasteiger partial charge < -0.3 is 14.4 Å². The molecule has 4 rings (SSSR count). The Hall–Kier alpha value is -1.50. The molecule has 0 spiro atoms. The normalized spacial score (nSPS) is 28.2. The molecule has 0 unspecified atom stereocenters. The molecule has 0 N–H and O–H groups in total. The van der Waals surface area contributed by atoms with Gasteiger partial charge in [0.25, 0.3) is 0 Å². The zero-order valence-electron chi connectivity index (χ0n) is 16.1. The maximum absolute atomic E-state index is 13.4. The second kappa shape index (κ2) is 9.13. The Labute approximate surface area is 161 Å². The molecule has 1 aromatic heterocycles. The zero-order valence-corrected chi connectivity index (χ0v) is 16.1. The summed E-state index contributed by atoms with van der Waals surface area (Å²) < 4.78 is 11.7. The number of morpholine rings is 2. The lowest BCUT2D eigenvalue weighted by Crippen LogP contribution is -2.54. The summed E-state index contributed by atoms with van der Waals surface area (Å²) in [6, 6.07) is 3.99. The van der Waals surface area contributed by atoms with Crippen molar-refractivity contribution in [3.8, 4) is 0 Å². The fourth-order valence-corrected chi connectivity index (χ4v) is 4.70. The van der Waals surface area contributed by atoms with E-state index in [0.717, 1.165) is 51.3 Å². The average molecular weight is 373 g/mol. The molecule has 1 amide bonds. The number of ether oxygens (including phenoxy) is 2. The molecule has 0 aromatic carbocycles. The van der Waals surface area contributed by atoms with Gasteiger partial charge in [-0.15, -0.1) is 0 Å². The van der Waals surface area contributed by atoms with Crippen LogP contribution >= 0.6 is 0 Å². The molecule has 3 aliphatic rings. The minimum atomic E-state index is -0.0512. The van der Waals surface area contributed by atoms with Gasteiger partial charge in [-0.25, -0.2) is 0 Å². The third-order valence-electron chi connectivity index (χ3n) is 6.16. The molecule has 0 radical (unpaired) electrons. The summed E-state index contributed by atoms with van der Waals surface area (Å²) in [5, 5.41) is 0. The molecule has 0 bridgehead atoms. The number of carbonyl (C=O) groups is 1. The maximum atomic E-state index is 13.4. The fourth-order valence-electron chi connectivity index (χ4n) is 4.70. The van der Waals surface area contributed by atoms with E-state index < -0.39 is 0 Å².